The van der Waals surface area contributed by atoms with Crippen LogP contribution in [-0.2, 0) is 14.8 Å². The molecule has 0 atom stereocenters. The second kappa shape index (κ2) is 8.83. The van der Waals surface area contributed by atoms with E-state index in [0.717, 1.165) is 11.0 Å². The van der Waals surface area contributed by atoms with Gasteiger partial charge in [0, 0.05) is 12.7 Å². The molecule has 2 N–H and O–H groups in total. The molecule has 0 radical (unpaired) electrons. The Bertz CT molecular complexity index is 1290. The van der Waals surface area contributed by atoms with Gasteiger partial charge in [-0.05, 0) is 42.5 Å². The second-order valence-electron chi connectivity index (χ2n) is 6.73. The lowest BCUT2D eigenvalue weighted by Gasteiger charge is -2.19. The molecule has 0 fully saturated rings. The number of carbonyl (C=O) groups is 1. The summed E-state index contributed by atoms with van der Waals surface area (Å²) in [4.78, 5) is 20.1. The highest BCUT2D eigenvalue weighted by Gasteiger charge is 2.21. The van der Waals surface area contributed by atoms with Crippen LogP contribution in [0.4, 0.5) is 11.4 Å². The van der Waals surface area contributed by atoms with E-state index in [9.17, 15) is 13.2 Å². The van der Waals surface area contributed by atoms with Crippen LogP contribution in [0.5, 0.6) is 0 Å². The predicted octanol–water partition coefficient (Wildman–Crippen LogP) is 4.12. The smallest absolute Gasteiger partial charge is 0.264 e. The van der Waals surface area contributed by atoms with Gasteiger partial charge in [-0.25, -0.2) is 13.4 Å². The van der Waals surface area contributed by atoms with Crippen LogP contribution in [0.15, 0.2) is 88.9 Å². The molecule has 7 nitrogen and oxygen atoms in total. The number of anilines is 2. The normalized spacial score (nSPS) is 11.4. The number of H-pyrrole nitrogens is 1. The van der Waals surface area contributed by atoms with Gasteiger partial charge in [0.25, 0.3) is 10.0 Å². The molecule has 1 aromatic heterocycles. The van der Waals surface area contributed by atoms with Crippen LogP contribution >= 0.6 is 11.8 Å². The zero-order chi connectivity index (χ0) is 21.8. The number of fused-ring (bicyclic) bond motifs is 1. The van der Waals surface area contributed by atoms with Crippen LogP contribution in [0.25, 0.3) is 11.0 Å². The fourth-order valence-corrected chi connectivity index (χ4v) is 4.92. The lowest BCUT2D eigenvalue weighted by molar-refractivity contribution is -0.113. The minimum Gasteiger partial charge on any atom is -0.333 e. The molecule has 1 heterocycles. The van der Waals surface area contributed by atoms with E-state index < -0.39 is 10.0 Å². The predicted molar refractivity (Wildman–Crippen MR) is 124 cm³/mol. The van der Waals surface area contributed by atoms with Gasteiger partial charge in [0.05, 0.1) is 27.4 Å². The summed E-state index contributed by atoms with van der Waals surface area (Å²) in [5.41, 5.74) is 2.72. The Morgan fingerprint density at radius 1 is 1.03 bits per heavy atom. The first-order chi connectivity index (χ1) is 14.9. The zero-order valence-electron chi connectivity index (χ0n) is 16.6. The fourth-order valence-electron chi connectivity index (χ4n) is 3.00. The summed E-state index contributed by atoms with van der Waals surface area (Å²) in [5, 5.41) is 3.40. The number of benzene rings is 3. The molecule has 3 aromatic carbocycles. The lowest BCUT2D eigenvalue weighted by atomic mass is 10.3. The Balaban J connectivity index is 1.43. The average Bonchev–Trinajstić information content (AvgIpc) is 3.21. The summed E-state index contributed by atoms with van der Waals surface area (Å²) in [7, 11) is -2.26. The topological polar surface area (TPSA) is 95.2 Å². The molecular formula is C22H20N4O3S2. The lowest BCUT2D eigenvalue weighted by Crippen LogP contribution is -2.26. The third kappa shape index (κ3) is 4.73. The minimum atomic E-state index is -3.76. The summed E-state index contributed by atoms with van der Waals surface area (Å²) in [5.74, 6) is -0.114. The number of rotatable bonds is 7. The molecule has 0 spiro atoms. The Labute approximate surface area is 184 Å². The van der Waals surface area contributed by atoms with Crippen molar-refractivity contribution >= 4 is 50.1 Å². The van der Waals surface area contributed by atoms with E-state index in [1.807, 2.05) is 30.3 Å². The van der Waals surface area contributed by atoms with Crippen molar-refractivity contribution in [3.05, 3.63) is 78.9 Å². The number of nitrogens with zero attached hydrogens (tertiary/aromatic N) is 2. The molecule has 0 aliphatic rings. The first kappa shape index (κ1) is 21.0. The van der Waals surface area contributed by atoms with Crippen molar-refractivity contribution in [3.63, 3.8) is 0 Å². The van der Waals surface area contributed by atoms with Crippen LogP contribution < -0.4 is 9.62 Å². The molecule has 1 amide bonds. The molecule has 9 heteroatoms. The zero-order valence-corrected chi connectivity index (χ0v) is 18.3. The number of sulfonamides is 1. The third-order valence-electron chi connectivity index (χ3n) is 4.60. The second-order valence-corrected chi connectivity index (χ2v) is 9.67. The number of hydrogen-bond acceptors (Lipinski definition) is 5. The van der Waals surface area contributed by atoms with Crippen LogP contribution in [0.2, 0.25) is 0 Å². The number of aromatic nitrogens is 2. The Hall–Kier alpha value is -3.30. The van der Waals surface area contributed by atoms with Crippen LogP contribution in [0.1, 0.15) is 0 Å². The molecule has 31 heavy (non-hydrogen) atoms. The maximum atomic E-state index is 13.0. The minimum absolute atomic E-state index is 0.0987. The van der Waals surface area contributed by atoms with E-state index in [0.29, 0.717) is 16.5 Å². The van der Waals surface area contributed by atoms with Gasteiger partial charge < -0.3 is 10.3 Å². The van der Waals surface area contributed by atoms with Crippen molar-refractivity contribution in [1.29, 1.82) is 0 Å². The van der Waals surface area contributed by atoms with Crippen molar-refractivity contribution in [1.82, 2.24) is 9.97 Å². The first-order valence-corrected chi connectivity index (χ1v) is 11.9. The van der Waals surface area contributed by atoms with Gasteiger partial charge in [-0.1, -0.05) is 48.2 Å². The van der Waals surface area contributed by atoms with E-state index in [2.05, 4.69) is 15.3 Å². The van der Waals surface area contributed by atoms with E-state index in [1.165, 1.54) is 35.2 Å². The highest BCUT2D eigenvalue weighted by molar-refractivity contribution is 7.99. The number of nitrogens with one attached hydrogen (secondary N) is 2. The van der Waals surface area contributed by atoms with E-state index in [1.54, 1.807) is 36.4 Å². The Morgan fingerprint density at radius 3 is 2.55 bits per heavy atom. The molecule has 0 saturated heterocycles. The van der Waals surface area contributed by atoms with Gasteiger partial charge in [-0.3, -0.25) is 9.10 Å². The largest absolute Gasteiger partial charge is 0.333 e. The van der Waals surface area contributed by atoms with Gasteiger partial charge in [-0.15, -0.1) is 0 Å². The molecule has 0 unspecified atom stereocenters. The maximum absolute atomic E-state index is 13.0. The van der Waals surface area contributed by atoms with Crippen LogP contribution in [0.3, 0.4) is 0 Å². The molecule has 0 saturated carbocycles. The summed E-state index contributed by atoms with van der Waals surface area (Å²) >= 11 is 1.28. The number of para-hydroxylation sites is 3. The van der Waals surface area contributed by atoms with Gasteiger partial charge in [0.15, 0.2) is 5.16 Å². The molecular weight excluding hydrogens is 432 g/mol. The number of thioether (sulfide) groups is 1. The third-order valence-corrected chi connectivity index (χ3v) is 7.26. The molecule has 4 rings (SSSR count). The number of carbonyl (C=O) groups excluding carboxylic acids is 1. The maximum Gasteiger partial charge on any atom is 0.264 e. The van der Waals surface area contributed by atoms with Crippen LogP contribution in [-0.4, -0.2) is 37.1 Å². The van der Waals surface area contributed by atoms with Crippen LogP contribution in [0, 0.1) is 0 Å². The first-order valence-electron chi connectivity index (χ1n) is 9.45. The van der Waals surface area contributed by atoms with Gasteiger partial charge in [0.2, 0.25) is 5.91 Å². The SMILES string of the molecule is CN(c1ccccc1)S(=O)(=O)c1cccc(NC(=O)CSc2nc3ccccc3[nH]2)c1. The highest BCUT2D eigenvalue weighted by atomic mass is 32.2. The molecule has 0 aliphatic carbocycles. The molecule has 158 valence electrons. The Morgan fingerprint density at radius 2 is 1.77 bits per heavy atom. The van der Waals surface area contributed by atoms with E-state index >= 15 is 0 Å². The number of imidazole rings is 1. The van der Waals surface area contributed by atoms with E-state index in [-0.39, 0.29) is 16.6 Å². The number of hydrogen-bond donors (Lipinski definition) is 2. The van der Waals surface area contributed by atoms with Gasteiger partial charge in [-0.2, -0.15) is 0 Å². The monoisotopic (exact) mass is 452 g/mol. The summed E-state index contributed by atoms with van der Waals surface area (Å²) in [6, 6.07) is 22.7. The van der Waals surface area contributed by atoms with Crippen molar-refractivity contribution in [3.8, 4) is 0 Å². The number of aromatic amines is 1. The molecule has 0 bridgehead atoms. The van der Waals surface area contributed by atoms with Crippen molar-refractivity contribution in [2.24, 2.45) is 0 Å². The molecule has 4 aromatic rings. The standard InChI is InChI=1S/C22H20N4O3S2/c1-26(17-9-3-2-4-10-17)31(28,29)18-11-7-8-16(14-18)23-21(27)15-30-22-24-19-12-5-6-13-20(19)25-22/h2-14H,15H2,1H3,(H,23,27)(H,24,25). The van der Waals surface area contributed by atoms with Crippen molar-refractivity contribution in [2.75, 3.05) is 22.4 Å². The number of amides is 1. The summed E-state index contributed by atoms with van der Waals surface area (Å²) < 4.78 is 27.1. The molecule has 0 aliphatic heterocycles. The summed E-state index contributed by atoms with van der Waals surface area (Å²) in [6.45, 7) is 0. The van der Waals surface area contributed by atoms with Gasteiger partial charge in [0.1, 0.15) is 0 Å². The van der Waals surface area contributed by atoms with E-state index in [4.69, 9.17) is 0 Å². The van der Waals surface area contributed by atoms with Crippen molar-refractivity contribution < 1.29 is 13.2 Å². The quantitative estimate of drug-likeness (QED) is 0.411. The summed E-state index contributed by atoms with van der Waals surface area (Å²) in [6.07, 6.45) is 0. The average molecular weight is 453 g/mol. The Kier molecular flexibility index (Phi) is 5.97. The fraction of sp³-hybridized carbons (Fsp3) is 0.0909. The highest BCUT2D eigenvalue weighted by Crippen LogP contribution is 2.24. The van der Waals surface area contributed by atoms with Crippen molar-refractivity contribution in [2.45, 2.75) is 10.1 Å². The van der Waals surface area contributed by atoms with Gasteiger partial charge >= 0.3 is 0 Å².